The van der Waals surface area contributed by atoms with Crippen LogP contribution < -0.4 is 15.4 Å². The van der Waals surface area contributed by atoms with Gasteiger partial charge in [-0.25, -0.2) is 14.6 Å². The molecule has 0 unspecified atom stereocenters. The Morgan fingerprint density at radius 2 is 1.71 bits per heavy atom. The summed E-state index contributed by atoms with van der Waals surface area (Å²) < 4.78 is 53.0. The first-order valence-corrected chi connectivity index (χ1v) is 16.8. The van der Waals surface area contributed by atoms with Crippen LogP contribution in [0.4, 0.5) is 18.0 Å². The number of carboxylic acid groups (broad SMARTS) is 1. The highest BCUT2D eigenvalue weighted by Crippen LogP contribution is 2.45. The monoisotopic (exact) mass is 724 g/mol. The first-order chi connectivity index (χ1) is 24.1. The number of halogens is 3. The second-order valence-electron chi connectivity index (χ2n) is 15.3. The zero-order valence-corrected chi connectivity index (χ0v) is 29.8. The summed E-state index contributed by atoms with van der Waals surface area (Å²) >= 11 is 0. The van der Waals surface area contributed by atoms with Crippen molar-refractivity contribution in [3.63, 3.8) is 0 Å². The number of carbonyl (C=O) groups is 4. The molecular formula is C38H43F3N4O7. The minimum Gasteiger partial charge on any atom is -0.488 e. The third kappa shape index (κ3) is 8.16. The van der Waals surface area contributed by atoms with Crippen LogP contribution in [-0.4, -0.2) is 74.7 Å². The molecule has 1 saturated heterocycles. The van der Waals surface area contributed by atoms with Gasteiger partial charge in [0.25, 0.3) is 0 Å². The van der Waals surface area contributed by atoms with Crippen molar-refractivity contribution in [3.8, 4) is 17.0 Å². The number of fused-ring (bicyclic) bond motifs is 1. The molecule has 0 radical (unpaired) electrons. The highest BCUT2D eigenvalue weighted by atomic mass is 19.4. The molecule has 11 nitrogen and oxygen atoms in total. The minimum atomic E-state index is -4.62. The Kier molecular flexibility index (Phi) is 10.1. The van der Waals surface area contributed by atoms with Crippen molar-refractivity contribution in [2.45, 2.75) is 89.9 Å². The molecule has 2 aliphatic rings. The van der Waals surface area contributed by atoms with E-state index in [1.807, 2.05) is 0 Å². The van der Waals surface area contributed by atoms with Crippen LogP contribution in [-0.2, 0) is 25.3 Å². The minimum absolute atomic E-state index is 0.0216. The van der Waals surface area contributed by atoms with Crippen molar-refractivity contribution in [1.29, 1.82) is 0 Å². The molecule has 2 aromatic carbocycles. The predicted octanol–water partition coefficient (Wildman–Crippen LogP) is 6.35. The zero-order chi connectivity index (χ0) is 38.4. The van der Waals surface area contributed by atoms with E-state index in [-0.39, 0.29) is 36.0 Å². The summed E-state index contributed by atoms with van der Waals surface area (Å²) in [6.45, 7) is 13.7. The summed E-state index contributed by atoms with van der Waals surface area (Å²) in [6, 6.07) is 11.1. The number of nitrogens with one attached hydrogen (secondary N) is 2. The third-order valence-corrected chi connectivity index (χ3v) is 9.11. The smallest absolute Gasteiger partial charge is 0.416 e. The maximum absolute atomic E-state index is 14.4. The fourth-order valence-corrected chi connectivity index (χ4v) is 6.34. The number of amides is 3. The molecule has 1 aliphatic carbocycles. The number of likely N-dealkylation sites (tertiary alicyclic amines) is 1. The van der Waals surface area contributed by atoms with E-state index in [4.69, 9.17) is 9.47 Å². The number of carboxylic acids is 1. The zero-order valence-electron chi connectivity index (χ0n) is 29.8. The Bertz CT molecular complexity index is 1890. The Morgan fingerprint density at radius 3 is 2.27 bits per heavy atom. The Balaban J connectivity index is 1.53. The van der Waals surface area contributed by atoms with Gasteiger partial charge in [0.05, 0.1) is 23.3 Å². The van der Waals surface area contributed by atoms with Crippen molar-refractivity contribution < 1.29 is 46.9 Å². The predicted molar refractivity (Wildman–Crippen MR) is 186 cm³/mol. The van der Waals surface area contributed by atoms with Gasteiger partial charge in [-0.05, 0) is 50.8 Å². The summed E-state index contributed by atoms with van der Waals surface area (Å²) in [7, 11) is 0. The Hall–Kier alpha value is -5.14. The lowest BCUT2D eigenvalue weighted by Crippen LogP contribution is -2.59. The number of pyridine rings is 1. The van der Waals surface area contributed by atoms with Crippen LogP contribution in [0, 0.1) is 11.3 Å². The number of aliphatic carboxylic acids is 1. The van der Waals surface area contributed by atoms with Crippen molar-refractivity contribution in [3.05, 3.63) is 72.8 Å². The number of hydrogen-bond acceptors (Lipinski definition) is 7. The lowest BCUT2D eigenvalue weighted by atomic mass is 9.85. The second-order valence-corrected chi connectivity index (χ2v) is 15.3. The van der Waals surface area contributed by atoms with E-state index in [1.54, 1.807) is 77.9 Å². The maximum atomic E-state index is 14.4. The number of alkyl carbamates (subject to hydrolysis) is 1. The molecule has 14 heteroatoms. The van der Waals surface area contributed by atoms with E-state index in [0.717, 1.165) is 12.1 Å². The first kappa shape index (κ1) is 38.1. The molecule has 1 aliphatic heterocycles. The van der Waals surface area contributed by atoms with Crippen molar-refractivity contribution in [2.24, 2.45) is 11.3 Å². The van der Waals surface area contributed by atoms with Crippen LogP contribution in [0.5, 0.6) is 5.75 Å². The Labute approximate surface area is 299 Å². The summed E-state index contributed by atoms with van der Waals surface area (Å²) in [5.41, 5.74) is -3.25. The lowest BCUT2D eigenvalue weighted by Gasteiger charge is -2.35. The van der Waals surface area contributed by atoms with Gasteiger partial charge in [0, 0.05) is 29.4 Å². The van der Waals surface area contributed by atoms with Gasteiger partial charge < -0.3 is 30.1 Å². The molecular weight excluding hydrogens is 681 g/mol. The average molecular weight is 725 g/mol. The van der Waals surface area contributed by atoms with E-state index in [9.17, 15) is 37.5 Å². The van der Waals surface area contributed by atoms with E-state index in [1.165, 1.54) is 17.0 Å². The van der Waals surface area contributed by atoms with Crippen LogP contribution >= 0.6 is 0 Å². The summed E-state index contributed by atoms with van der Waals surface area (Å²) in [5.74, 6) is -2.97. The van der Waals surface area contributed by atoms with Crippen LogP contribution in [0.1, 0.15) is 59.9 Å². The van der Waals surface area contributed by atoms with Crippen LogP contribution in [0.2, 0.25) is 0 Å². The number of hydrogen-bond donors (Lipinski definition) is 3. The topological polar surface area (TPSA) is 147 Å². The number of alkyl halides is 3. The van der Waals surface area contributed by atoms with Gasteiger partial charge in [0.1, 0.15) is 35.1 Å². The fourth-order valence-electron chi connectivity index (χ4n) is 6.34. The van der Waals surface area contributed by atoms with Crippen molar-refractivity contribution in [1.82, 2.24) is 20.5 Å². The average Bonchev–Trinajstić information content (AvgIpc) is 3.61. The standard InChI is InChI=1S/C38H43F3N4O7/c1-8-22-19-37(22,33(48)49)44-31(46)28-17-24(20-45(28)32(47)30(35(2,3)4)43-34(50)52-36(5,6)7)51-29-18-26(21-12-10-9-11-13-21)42-27-16-23(38(39,40)41)14-15-25(27)29/h8-16,18,22,24,28,30H,1,17,19-20H2,2-7H3,(H,43,50)(H,44,46)(H,48,49)/t22-,24-,28+,30-,37-/m1/s1. The molecule has 1 aromatic heterocycles. The van der Waals surface area contributed by atoms with Gasteiger partial charge in [-0.2, -0.15) is 13.2 Å². The van der Waals surface area contributed by atoms with E-state index in [0.29, 0.717) is 11.3 Å². The molecule has 3 N–H and O–H groups in total. The molecule has 2 heterocycles. The molecule has 278 valence electrons. The SMILES string of the molecule is C=C[C@@H]1C[C@]1(NC(=O)[C@@H]1C[C@@H](Oc2cc(-c3ccccc3)nc3cc(C(F)(F)F)ccc23)CN1C(=O)[C@@H](NC(=O)OC(C)(C)C)C(C)(C)C)C(=O)O. The van der Waals surface area contributed by atoms with E-state index < -0.39 is 76.3 Å². The highest BCUT2D eigenvalue weighted by molar-refractivity contribution is 5.96. The number of benzene rings is 2. The molecule has 0 spiro atoms. The van der Waals surface area contributed by atoms with Gasteiger partial charge in [-0.3, -0.25) is 9.59 Å². The van der Waals surface area contributed by atoms with Gasteiger partial charge in [-0.1, -0.05) is 57.2 Å². The lowest BCUT2D eigenvalue weighted by molar-refractivity contribution is -0.146. The maximum Gasteiger partial charge on any atom is 0.416 e. The highest BCUT2D eigenvalue weighted by Gasteiger charge is 2.61. The quantitative estimate of drug-likeness (QED) is 0.216. The molecule has 1 saturated carbocycles. The van der Waals surface area contributed by atoms with E-state index in [2.05, 4.69) is 22.2 Å². The molecule has 2 fully saturated rings. The normalized spacial score (nSPS) is 22.3. The molecule has 3 amide bonds. The number of carbonyl (C=O) groups excluding carboxylic acids is 3. The van der Waals surface area contributed by atoms with Gasteiger partial charge in [-0.15, -0.1) is 6.58 Å². The van der Waals surface area contributed by atoms with Crippen molar-refractivity contribution >= 4 is 34.8 Å². The second kappa shape index (κ2) is 13.8. The molecule has 3 aromatic rings. The molecule has 52 heavy (non-hydrogen) atoms. The van der Waals surface area contributed by atoms with Gasteiger partial charge in [0.2, 0.25) is 11.8 Å². The van der Waals surface area contributed by atoms with Gasteiger partial charge in [0.15, 0.2) is 0 Å². The molecule has 5 rings (SSSR count). The number of aromatic nitrogens is 1. The first-order valence-electron chi connectivity index (χ1n) is 16.8. The fraction of sp³-hybridized carbons (Fsp3) is 0.447. The summed E-state index contributed by atoms with van der Waals surface area (Å²) in [5, 5.41) is 15.5. The largest absolute Gasteiger partial charge is 0.488 e. The number of rotatable bonds is 9. The molecule has 5 atom stereocenters. The third-order valence-electron chi connectivity index (χ3n) is 9.11. The van der Waals surface area contributed by atoms with Crippen LogP contribution in [0.3, 0.4) is 0 Å². The number of nitrogens with zero attached hydrogens (tertiary/aromatic N) is 2. The summed E-state index contributed by atoms with van der Waals surface area (Å²) in [4.78, 5) is 59.2. The Morgan fingerprint density at radius 1 is 1.04 bits per heavy atom. The van der Waals surface area contributed by atoms with Crippen molar-refractivity contribution in [2.75, 3.05) is 6.54 Å². The summed E-state index contributed by atoms with van der Waals surface area (Å²) in [6.07, 6.45) is -4.88. The van der Waals surface area contributed by atoms with E-state index >= 15 is 0 Å². The number of ether oxygens (including phenoxy) is 2. The van der Waals surface area contributed by atoms with Crippen LogP contribution in [0.25, 0.3) is 22.2 Å². The van der Waals surface area contributed by atoms with Crippen LogP contribution in [0.15, 0.2) is 67.3 Å². The van der Waals surface area contributed by atoms with Gasteiger partial charge >= 0.3 is 18.2 Å². The molecule has 0 bridgehead atoms.